The minimum atomic E-state index is -2.83. The molecule has 0 N–H and O–H groups in total. The first kappa shape index (κ1) is 10.4. The van der Waals surface area contributed by atoms with Crippen molar-refractivity contribution in [1.29, 1.82) is 0 Å². The van der Waals surface area contributed by atoms with Crippen LogP contribution in [0.2, 0.25) is 0 Å². The summed E-state index contributed by atoms with van der Waals surface area (Å²) in [4.78, 5) is 2.32. The number of hydrogen-bond donors (Lipinski definition) is 0. The van der Waals surface area contributed by atoms with E-state index >= 15 is 0 Å². The topological polar surface area (TPSA) is 30.9 Å². The fourth-order valence-electron chi connectivity index (χ4n) is 1.57. The number of fused-ring (bicyclic) bond motifs is 6. The summed E-state index contributed by atoms with van der Waals surface area (Å²) in [6.07, 6.45) is 0. The van der Waals surface area contributed by atoms with Gasteiger partial charge in [0, 0.05) is 0 Å². The molecule has 0 spiro atoms. The Bertz CT molecular complexity index is 157. The van der Waals surface area contributed by atoms with E-state index in [2.05, 4.69) is 20.8 Å². The van der Waals surface area contributed by atoms with Gasteiger partial charge >= 0.3 is 90.0 Å². The number of rotatable bonds is 1. The van der Waals surface area contributed by atoms with Gasteiger partial charge in [-0.1, -0.05) is 0 Å². The second kappa shape index (κ2) is 4.59. The van der Waals surface area contributed by atoms with E-state index in [1.807, 2.05) is 0 Å². The van der Waals surface area contributed by atoms with E-state index in [4.69, 9.17) is 11.3 Å². The van der Waals surface area contributed by atoms with Crippen LogP contribution in [0.4, 0.5) is 0 Å². The maximum atomic E-state index is 5.75. The molecule has 3 aliphatic heterocycles. The third kappa shape index (κ3) is 2.46. The Kier molecular flexibility index (Phi) is 3.66. The summed E-state index contributed by atoms with van der Waals surface area (Å²) in [5.41, 5.74) is 0. The van der Waals surface area contributed by atoms with Gasteiger partial charge in [-0.2, -0.15) is 0 Å². The zero-order valence-electron chi connectivity index (χ0n) is 7.50. The van der Waals surface area contributed by atoms with Crippen LogP contribution in [0, 0.1) is 0 Å². The van der Waals surface area contributed by atoms with Crippen molar-refractivity contribution >= 4 is 30.2 Å². The quantitative estimate of drug-likeness (QED) is 0.513. The molecule has 0 amide bonds. The second-order valence-corrected chi connectivity index (χ2v) is 11.4. The van der Waals surface area contributed by atoms with Gasteiger partial charge in [-0.25, -0.2) is 0 Å². The summed E-state index contributed by atoms with van der Waals surface area (Å²) >= 11 is 0.611. The summed E-state index contributed by atoms with van der Waals surface area (Å²) in [7, 11) is 0. The van der Waals surface area contributed by atoms with E-state index in [9.17, 15) is 0 Å². The minimum absolute atomic E-state index is 0.756. The molecular formula is C7H14BrGeNO3. The van der Waals surface area contributed by atoms with Gasteiger partial charge < -0.3 is 0 Å². The van der Waals surface area contributed by atoms with Crippen LogP contribution in [0.1, 0.15) is 0 Å². The van der Waals surface area contributed by atoms with Gasteiger partial charge in [-0.15, -0.1) is 0 Å². The van der Waals surface area contributed by atoms with Gasteiger partial charge in [0.25, 0.3) is 0 Å². The third-order valence-corrected chi connectivity index (χ3v) is 10.7. The molecule has 0 unspecified atom stereocenters. The SMILES string of the molecule is Br[CH2][Ge]12[O]CCN(CC[O]1)CC[O]2. The summed E-state index contributed by atoms with van der Waals surface area (Å²) in [6, 6.07) is 0. The average molecular weight is 313 g/mol. The Hall–Kier alpha value is 0.863. The summed E-state index contributed by atoms with van der Waals surface area (Å²) < 4.78 is 18.0. The third-order valence-electron chi connectivity index (χ3n) is 2.35. The molecule has 3 rings (SSSR count). The number of halogens is 1. The first-order valence-electron chi connectivity index (χ1n) is 4.55. The maximum absolute atomic E-state index is 5.75. The zero-order valence-corrected chi connectivity index (χ0v) is 11.2. The normalized spacial score (nSPS) is 40.8. The number of nitrogens with zero attached hydrogens (tertiary/aromatic N) is 1. The van der Waals surface area contributed by atoms with Crippen molar-refractivity contribution in [2.75, 3.05) is 43.6 Å². The van der Waals surface area contributed by atoms with Crippen LogP contribution in [0.3, 0.4) is 0 Å². The van der Waals surface area contributed by atoms with Gasteiger partial charge in [-0.3, -0.25) is 0 Å². The molecule has 3 fully saturated rings. The van der Waals surface area contributed by atoms with Crippen LogP contribution < -0.4 is 0 Å². The molecule has 76 valence electrons. The van der Waals surface area contributed by atoms with Gasteiger partial charge in [0.2, 0.25) is 0 Å². The van der Waals surface area contributed by atoms with Gasteiger partial charge in [0.1, 0.15) is 0 Å². The average Bonchev–Trinajstić information content (AvgIpc) is 2.01. The predicted octanol–water partition coefficient (Wildman–Crippen LogP) is 0.238. The standard InChI is InChI=1S/C7H14BrGeNO3/c8-7-9-11-4-1-10(2-5-12-9)3-6-13-9/h1-7H2. The van der Waals surface area contributed by atoms with Crippen molar-refractivity contribution < 1.29 is 11.3 Å². The fourth-order valence-corrected chi connectivity index (χ4v) is 7.63. The molecule has 4 nitrogen and oxygen atoms in total. The molecule has 13 heavy (non-hydrogen) atoms. The molecule has 0 saturated carbocycles. The fraction of sp³-hybridized carbons (Fsp3) is 1.00. The molecular weight excluding hydrogens is 299 g/mol. The van der Waals surface area contributed by atoms with Crippen LogP contribution in [0.15, 0.2) is 0 Å². The van der Waals surface area contributed by atoms with E-state index in [0.717, 1.165) is 43.6 Å². The second-order valence-electron chi connectivity index (χ2n) is 3.20. The molecule has 6 heteroatoms. The van der Waals surface area contributed by atoms with Crippen LogP contribution in [-0.4, -0.2) is 62.8 Å². The van der Waals surface area contributed by atoms with E-state index in [0.29, 0.717) is 0 Å². The van der Waals surface area contributed by atoms with Crippen molar-refractivity contribution in [1.82, 2.24) is 4.90 Å². The van der Waals surface area contributed by atoms with Crippen LogP contribution in [-0.2, 0) is 11.3 Å². The zero-order chi connectivity index (χ0) is 9.15. The van der Waals surface area contributed by atoms with Crippen molar-refractivity contribution in [3.63, 3.8) is 0 Å². The van der Waals surface area contributed by atoms with E-state index in [-0.39, 0.29) is 0 Å². The Morgan fingerprint density at radius 2 is 1.46 bits per heavy atom. The number of hydrogen-bond acceptors (Lipinski definition) is 4. The van der Waals surface area contributed by atoms with Crippen molar-refractivity contribution in [2.45, 2.75) is 0 Å². The Labute approximate surface area is 90.0 Å². The summed E-state index contributed by atoms with van der Waals surface area (Å²) in [6.45, 7) is 5.33. The molecule has 3 saturated heterocycles. The van der Waals surface area contributed by atoms with Crippen molar-refractivity contribution in [3.05, 3.63) is 0 Å². The van der Waals surface area contributed by atoms with Gasteiger partial charge in [0.15, 0.2) is 0 Å². The monoisotopic (exact) mass is 313 g/mol. The van der Waals surface area contributed by atoms with Gasteiger partial charge in [0.05, 0.1) is 0 Å². The van der Waals surface area contributed by atoms with Crippen LogP contribution in [0.5, 0.6) is 0 Å². The van der Waals surface area contributed by atoms with E-state index in [1.54, 1.807) is 0 Å². The van der Waals surface area contributed by atoms with Crippen molar-refractivity contribution in [3.8, 4) is 0 Å². The molecule has 3 aliphatic rings. The van der Waals surface area contributed by atoms with E-state index in [1.165, 1.54) is 0 Å². The van der Waals surface area contributed by atoms with Crippen molar-refractivity contribution in [2.24, 2.45) is 0 Å². The van der Waals surface area contributed by atoms with Crippen LogP contribution in [0.25, 0.3) is 0 Å². The molecule has 0 radical (unpaired) electrons. The molecule has 0 aromatic heterocycles. The molecule has 0 aromatic rings. The molecule has 0 aromatic carbocycles. The number of alkyl halides is 1. The van der Waals surface area contributed by atoms with Crippen LogP contribution >= 0.6 is 15.9 Å². The first-order chi connectivity index (χ1) is 6.35. The molecule has 0 atom stereocenters. The Balaban J connectivity index is 2.07. The summed E-state index contributed by atoms with van der Waals surface area (Å²) in [5.74, 6) is 0. The van der Waals surface area contributed by atoms with Gasteiger partial charge in [-0.05, 0) is 0 Å². The Morgan fingerprint density at radius 3 is 1.85 bits per heavy atom. The molecule has 0 aliphatic carbocycles. The Morgan fingerprint density at radius 1 is 1.00 bits per heavy atom. The summed E-state index contributed by atoms with van der Waals surface area (Å²) in [5, 5.41) is 0. The first-order valence-corrected chi connectivity index (χ1v) is 9.72. The molecule has 2 bridgehead atoms. The predicted molar refractivity (Wildman–Crippen MR) is 53.8 cm³/mol. The van der Waals surface area contributed by atoms with E-state index < -0.39 is 14.3 Å². The molecule has 3 heterocycles.